The van der Waals surface area contributed by atoms with Gasteiger partial charge in [-0.25, -0.2) is 9.78 Å². The summed E-state index contributed by atoms with van der Waals surface area (Å²) in [5.74, 6) is -0.321. The number of hydrogen-bond acceptors (Lipinski definition) is 4. The number of carbonyl (C=O) groups is 1. The molecule has 0 fully saturated rings. The molecule has 0 bridgehead atoms. The molecule has 6 nitrogen and oxygen atoms in total. The summed E-state index contributed by atoms with van der Waals surface area (Å²) < 4.78 is 5.11. The van der Waals surface area contributed by atoms with Crippen molar-refractivity contribution >= 4 is 51.8 Å². The number of anilines is 2. The Morgan fingerprint density at radius 1 is 1.35 bits per heavy atom. The van der Waals surface area contributed by atoms with E-state index in [-0.39, 0.29) is 5.56 Å². The van der Waals surface area contributed by atoms with Crippen molar-refractivity contribution in [3.05, 3.63) is 45.9 Å². The number of aromatic carboxylic acids is 1. The molecule has 3 N–H and O–H groups in total. The van der Waals surface area contributed by atoms with E-state index in [0.29, 0.717) is 38.5 Å². The van der Waals surface area contributed by atoms with E-state index >= 15 is 0 Å². The molecule has 0 aliphatic carbocycles. The fraction of sp³-hybridized carbons (Fsp3) is 0.0667. The smallest absolute Gasteiger partial charge is 0.338 e. The number of ether oxygens (including phenoxy) is 1. The van der Waals surface area contributed by atoms with E-state index in [0.717, 1.165) is 0 Å². The number of nitrogens with one attached hydrogen (secondary N) is 2. The molecular formula is C15H11Cl2N3O3. The first-order chi connectivity index (χ1) is 11.0. The van der Waals surface area contributed by atoms with Gasteiger partial charge in [-0.2, -0.15) is 0 Å². The molecule has 0 saturated heterocycles. The van der Waals surface area contributed by atoms with Gasteiger partial charge in [-0.1, -0.05) is 29.3 Å². The maximum atomic E-state index is 11.4. The number of aromatic nitrogens is 2. The van der Waals surface area contributed by atoms with Gasteiger partial charge in [-0.3, -0.25) is 0 Å². The quantitative estimate of drug-likeness (QED) is 0.651. The number of methoxy groups -OCH3 is 1. The van der Waals surface area contributed by atoms with Crippen molar-refractivity contribution in [3.8, 4) is 5.75 Å². The first kappa shape index (κ1) is 15.5. The largest absolute Gasteiger partial charge is 0.497 e. The Hall–Kier alpha value is -2.44. The highest BCUT2D eigenvalue weighted by Crippen LogP contribution is 2.32. The fourth-order valence-corrected chi connectivity index (χ4v) is 2.51. The second kappa shape index (κ2) is 5.98. The summed E-state index contributed by atoms with van der Waals surface area (Å²) >= 11 is 12.1. The lowest BCUT2D eigenvalue weighted by Crippen LogP contribution is -1.98. The maximum absolute atomic E-state index is 11.4. The second-order valence-electron chi connectivity index (χ2n) is 4.69. The zero-order chi connectivity index (χ0) is 16.6. The van der Waals surface area contributed by atoms with E-state index in [4.69, 9.17) is 27.9 Å². The third-order valence-electron chi connectivity index (χ3n) is 3.23. The highest BCUT2D eigenvalue weighted by Gasteiger charge is 2.16. The summed E-state index contributed by atoms with van der Waals surface area (Å²) in [6.07, 6.45) is 0. The van der Waals surface area contributed by atoms with Gasteiger partial charge in [0, 0.05) is 6.07 Å². The minimum absolute atomic E-state index is 0.0424. The van der Waals surface area contributed by atoms with Crippen LogP contribution < -0.4 is 10.1 Å². The van der Waals surface area contributed by atoms with E-state index in [2.05, 4.69) is 15.3 Å². The van der Waals surface area contributed by atoms with Crippen molar-refractivity contribution in [2.24, 2.45) is 0 Å². The van der Waals surface area contributed by atoms with Gasteiger partial charge in [0.2, 0.25) is 5.95 Å². The molecule has 3 aromatic rings. The van der Waals surface area contributed by atoms with Crippen molar-refractivity contribution in [2.45, 2.75) is 0 Å². The van der Waals surface area contributed by atoms with Crippen LogP contribution in [-0.2, 0) is 0 Å². The topological polar surface area (TPSA) is 87.2 Å². The van der Waals surface area contributed by atoms with Gasteiger partial charge in [0.05, 0.1) is 33.9 Å². The van der Waals surface area contributed by atoms with E-state index < -0.39 is 5.97 Å². The number of halogens is 2. The lowest BCUT2D eigenvalue weighted by atomic mass is 10.2. The SMILES string of the molecule is COc1cc(C(=O)O)c2nc(Nc3cccc(Cl)c3Cl)[nH]c2c1. The zero-order valence-electron chi connectivity index (χ0n) is 11.9. The summed E-state index contributed by atoms with van der Waals surface area (Å²) in [6, 6.07) is 8.23. The molecule has 0 aliphatic rings. The molecule has 0 amide bonds. The lowest BCUT2D eigenvalue weighted by Gasteiger charge is -2.05. The Morgan fingerprint density at radius 2 is 2.13 bits per heavy atom. The van der Waals surface area contributed by atoms with Gasteiger partial charge in [0.25, 0.3) is 0 Å². The molecule has 1 heterocycles. The number of carboxylic acid groups (broad SMARTS) is 1. The number of benzene rings is 2. The highest BCUT2D eigenvalue weighted by atomic mass is 35.5. The number of carboxylic acids is 1. The maximum Gasteiger partial charge on any atom is 0.338 e. The molecule has 0 radical (unpaired) electrons. The van der Waals surface area contributed by atoms with Crippen LogP contribution in [-0.4, -0.2) is 28.2 Å². The van der Waals surface area contributed by atoms with E-state index in [1.54, 1.807) is 24.3 Å². The van der Waals surface area contributed by atoms with Crippen LogP contribution in [0.4, 0.5) is 11.6 Å². The predicted molar refractivity (Wildman–Crippen MR) is 89.3 cm³/mol. The number of fused-ring (bicyclic) bond motifs is 1. The standard InChI is InChI=1S/C15H11Cl2N3O3/c1-23-7-5-8(14(21)22)13-11(6-7)19-15(20-13)18-10-4-2-3-9(16)12(10)17/h2-6H,1H3,(H,21,22)(H2,18,19,20). The Kier molecular flexibility index (Phi) is 4.02. The van der Waals surface area contributed by atoms with Crippen LogP contribution in [0.25, 0.3) is 11.0 Å². The molecule has 0 spiro atoms. The minimum atomic E-state index is -1.09. The van der Waals surface area contributed by atoms with E-state index in [1.807, 2.05) is 0 Å². The van der Waals surface area contributed by atoms with Crippen molar-refractivity contribution in [3.63, 3.8) is 0 Å². The molecule has 0 unspecified atom stereocenters. The normalized spacial score (nSPS) is 10.7. The number of imidazole rings is 1. The van der Waals surface area contributed by atoms with Gasteiger partial charge in [-0.15, -0.1) is 0 Å². The van der Waals surface area contributed by atoms with Crippen molar-refractivity contribution < 1.29 is 14.6 Å². The summed E-state index contributed by atoms with van der Waals surface area (Å²) in [6.45, 7) is 0. The van der Waals surface area contributed by atoms with Crippen LogP contribution in [0.2, 0.25) is 10.0 Å². The molecule has 8 heteroatoms. The fourth-order valence-electron chi connectivity index (χ4n) is 2.16. The van der Waals surface area contributed by atoms with Crippen LogP contribution in [0, 0.1) is 0 Å². The molecule has 1 aromatic heterocycles. The van der Waals surface area contributed by atoms with Crippen molar-refractivity contribution in [2.75, 3.05) is 12.4 Å². The van der Waals surface area contributed by atoms with Crippen LogP contribution in [0.15, 0.2) is 30.3 Å². The Morgan fingerprint density at radius 3 is 2.83 bits per heavy atom. The third kappa shape index (κ3) is 2.91. The lowest BCUT2D eigenvalue weighted by molar-refractivity contribution is 0.0698. The van der Waals surface area contributed by atoms with Crippen LogP contribution in [0.5, 0.6) is 5.75 Å². The summed E-state index contributed by atoms with van der Waals surface area (Å²) in [5.41, 5.74) is 1.45. The number of hydrogen-bond donors (Lipinski definition) is 3. The second-order valence-corrected chi connectivity index (χ2v) is 5.47. The number of aromatic amines is 1. The average molecular weight is 352 g/mol. The van der Waals surface area contributed by atoms with Crippen molar-refractivity contribution in [1.29, 1.82) is 0 Å². The first-order valence-corrected chi connectivity index (χ1v) is 7.27. The van der Waals surface area contributed by atoms with Gasteiger partial charge in [-0.05, 0) is 18.2 Å². The van der Waals surface area contributed by atoms with Gasteiger partial charge in [0.15, 0.2) is 0 Å². The summed E-state index contributed by atoms with van der Waals surface area (Å²) in [4.78, 5) is 18.6. The van der Waals surface area contributed by atoms with Gasteiger partial charge < -0.3 is 20.1 Å². The monoisotopic (exact) mass is 351 g/mol. The van der Waals surface area contributed by atoms with E-state index in [1.165, 1.54) is 13.2 Å². The molecular weight excluding hydrogens is 341 g/mol. The van der Waals surface area contributed by atoms with Crippen LogP contribution in [0.1, 0.15) is 10.4 Å². The van der Waals surface area contributed by atoms with Crippen molar-refractivity contribution in [1.82, 2.24) is 9.97 Å². The number of rotatable bonds is 4. The summed E-state index contributed by atoms with van der Waals surface area (Å²) in [7, 11) is 1.47. The Labute approximate surface area is 141 Å². The molecule has 0 atom stereocenters. The van der Waals surface area contributed by atoms with Crippen LogP contribution >= 0.6 is 23.2 Å². The molecule has 0 saturated carbocycles. The van der Waals surface area contributed by atoms with Crippen LogP contribution in [0.3, 0.4) is 0 Å². The first-order valence-electron chi connectivity index (χ1n) is 6.51. The Balaban J connectivity index is 2.08. The molecule has 118 valence electrons. The summed E-state index contributed by atoms with van der Waals surface area (Å²) in [5, 5.41) is 13.1. The molecule has 0 aliphatic heterocycles. The predicted octanol–water partition coefficient (Wildman–Crippen LogP) is 4.32. The van der Waals surface area contributed by atoms with Gasteiger partial charge >= 0.3 is 5.97 Å². The number of H-pyrrole nitrogens is 1. The third-order valence-corrected chi connectivity index (χ3v) is 4.05. The average Bonchev–Trinajstić information content (AvgIpc) is 2.92. The van der Waals surface area contributed by atoms with E-state index in [9.17, 15) is 9.90 Å². The minimum Gasteiger partial charge on any atom is -0.497 e. The number of nitrogens with zero attached hydrogens (tertiary/aromatic N) is 1. The molecule has 3 rings (SSSR count). The molecule has 2 aromatic carbocycles. The molecule has 23 heavy (non-hydrogen) atoms. The Bertz CT molecular complexity index is 908. The highest BCUT2D eigenvalue weighted by molar-refractivity contribution is 6.43. The zero-order valence-corrected chi connectivity index (χ0v) is 13.4. The van der Waals surface area contributed by atoms with Gasteiger partial charge in [0.1, 0.15) is 11.3 Å².